The van der Waals surface area contributed by atoms with E-state index in [0.29, 0.717) is 5.92 Å². The van der Waals surface area contributed by atoms with Gasteiger partial charge in [0.1, 0.15) is 0 Å². The summed E-state index contributed by atoms with van der Waals surface area (Å²) in [7, 11) is 2.14. The molecule has 0 bridgehead atoms. The molecule has 1 aromatic rings. The maximum absolute atomic E-state index is 6.38. The second kappa shape index (κ2) is 9.25. The van der Waals surface area contributed by atoms with Crippen molar-refractivity contribution in [2.45, 2.75) is 46.6 Å². The highest BCUT2D eigenvalue weighted by atomic mass is 35.5. The monoisotopic (exact) mass is 296 g/mol. The fourth-order valence-electron chi connectivity index (χ4n) is 2.14. The summed E-state index contributed by atoms with van der Waals surface area (Å²) < 4.78 is 0. The molecule has 0 heterocycles. The van der Waals surface area contributed by atoms with Gasteiger partial charge in [-0.05, 0) is 36.6 Å². The summed E-state index contributed by atoms with van der Waals surface area (Å²) >= 11 is 6.38. The first-order valence-electron chi connectivity index (χ1n) is 7.74. The Balaban J connectivity index is 2.53. The number of anilines is 1. The topological polar surface area (TPSA) is 15.3 Å². The van der Waals surface area contributed by atoms with Gasteiger partial charge in [0.15, 0.2) is 0 Å². The van der Waals surface area contributed by atoms with Crippen LogP contribution < -0.4 is 10.2 Å². The van der Waals surface area contributed by atoms with Crippen LogP contribution in [0.2, 0.25) is 5.02 Å². The standard InChI is InChI=1S/C17H29ClN2/c1-5-6-7-10-20(4)16-9-8-15(17(18)11-16)13-19-12-14(2)3/h8-9,11,14,19H,5-7,10,12-13H2,1-4H3. The summed E-state index contributed by atoms with van der Waals surface area (Å²) in [5.41, 5.74) is 2.39. The Morgan fingerprint density at radius 3 is 2.60 bits per heavy atom. The van der Waals surface area contributed by atoms with Crippen LogP contribution in [0.3, 0.4) is 0 Å². The number of halogens is 1. The molecule has 2 nitrogen and oxygen atoms in total. The van der Waals surface area contributed by atoms with Crippen molar-refractivity contribution in [2.75, 3.05) is 25.0 Å². The SMILES string of the molecule is CCCCCN(C)c1ccc(CNCC(C)C)c(Cl)c1. The van der Waals surface area contributed by atoms with Crippen LogP contribution in [0.1, 0.15) is 45.6 Å². The first-order valence-corrected chi connectivity index (χ1v) is 8.12. The van der Waals surface area contributed by atoms with Crippen LogP contribution in [0.15, 0.2) is 18.2 Å². The predicted octanol–water partition coefficient (Wildman–Crippen LogP) is 4.71. The molecule has 1 aromatic carbocycles. The highest BCUT2D eigenvalue weighted by molar-refractivity contribution is 6.31. The molecule has 0 spiro atoms. The highest BCUT2D eigenvalue weighted by Crippen LogP contribution is 2.23. The Hall–Kier alpha value is -0.730. The molecule has 0 aliphatic heterocycles. The van der Waals surface area contributed by atoms with E-state index < -0.39 is 0 Å². The molecule has 1 rings (SSSR count). The van der Waals surface area contributed by atoms with Gasteiger partial charge in [-0.1, -0.05) is 51.3 Å². The molecule has 0 radical (unpaired) electrons. The van der Waals surface area contributed by atoms with Crippen LogP contribution in [-0.4, -0.2) is 20.1 Å². The first kappa shape index (κ1) is 17.3. The zero-order chi connectivity index (χ0) is 15.0. The minimum absolute atomic E-state index is 0.665. The summed E-state index contributed by atoms with van der Waals surface area (Å²) in [5.74, 6) is 0.665. The second-order valence-corrected chi connectivity index (χ2v) is 6.34. The molecule has 0 saturated heterocycles. The fourth-order valence-corrected chi connectivity index (χ4v) is 2.38. The quantitative estimate of drug-likeness (QED) is 0.664. The average Bonchev–Trinajstić information content (AvgIpc) is 2.40. The minimum Gasteiger partial charge on any atom is -0.375 e. The highest BCUT2D eigenvalue weighted by Gasteiger charge is 2.05. The second-order valence-electron chi connectivity index (χ2n) is 5.93. The van der Waals surface area contributed by atoms with E-state index in [1.807, 2.05) is 0 Å². The number of benzene rings is 1. The maximum atomic E-state index is 6.38. The van der Waals surface area contributed by atoms with E-state index in [1.165, 1.54) is 30.5 Å². The lowest BCUT2D eigenvalue weighted by Gasteiger charge is -2.20. The van der Waals surface area contributed by atoms with Gasteiger partial charge in [0.25, 0.3) is 0 Å². The lowest BCUT2D eigenvalue weighted by Crippen LogP contribution is -2.20. The van der Waals surface area contributed by atoms with E-state index in [2.05, 4.69) is 56.2 Å². The molecular weight excluding hydrogens is 268 g/mol. The zero-order valence-corrected chi connectivity index (χ0v) is 14.1. The van der Waals surface area contributed by atoms with Gasteiger partial charge < -0.3 is 10.2 Å². The number of hydrogen-bond donors (Lipinski definition) is 1. The number of unbranched alkanes of at least 4 members (excludes halogenated alkanes) is 2. The van der Waals surface area contributed by atoms with E-state index in [-0.39, 0.29) is 0 Å². The molecule has 0 atom stereocenters. The average molecular weight is 297 g/mol. The Labute approximate surface area is 129 Å². The Bertz CT molecular complexity index is 391. The van der Waals surface area contributed by atoms with Gasteiger partial charge >= 0.3 is 0 Å². The van der Waals surface area contributed by atoms with E-state index in [9.17, 15) is 0 Å². The largest absolute Gasteiger partial charge is 0.375 e. The van der Waals surface area contributed by atoms with Gasteiger partial charge in [0.05, 0.1) is 0 Å². The molecular formula is C17H29ClN2. The van der Waals surface area contributed by atoms with Crippen LogP contribution >= 0.6 is 11.6 Å². The molecule has 0 aliphatic carbocycles. The van der Waals surface area contributed by atoms with Crippen LogP contribution in [0.5, 0.6) is 0 Å². The van der Waals surface area contributed by atoms with Crippen molar-refractivity contribution in [1.29, 1.82) is 0 Å². The lowest BCUT2D eigenvalue weighted by molar-refractivity contribution is 0.552. The van der Waals surface area contributed by atoms with Crippen molar-refractivity contribution in [2.24, 2.45) is 5.92 Å². The molecule has 0 fully saturated rings. The third kappa shape index (κ3) is 6.15. The Kier molecular flexibility index (Phi) is 8.01. The van der Waals surface area contributed by atoms with E-state index in [4.69, 9.17) is 11.6 Å². The molecule has 0 unspecified atom stereocenters. The van der Waals surface area contributed by atoms with Crippen LogP contribution in [-0.2, 0) is 6.54 Å². The molecule has 0 aliphatic rings. The summed E-state index contributed by atoms with van der Waals surface area (Å²) in [4.78, 5) is 2.28. The molecule has 3 heteroatoms. The van der Waals surface area contributed by atoms with Gasteiger partial charge in [-0.25, -0.2) is 0 Å². The summed E-state index contributed by atoms with van der Waals surface area (Å²) in [6.07, 6.45) is 3.78. The smallest absolute Gasteiger partial charge is 0.0471 e. The molecule has 0 amide bonds. The molecule has 20 heavy (non-hydrogen) atoms. The summed E-state index contributed by atoms with van der Waals surface area (Å²) in [5, 5.41) is 4.30. The van der Waals surface area contributed by atoms with Gasteiger partial charge in [-0.2, -0.15) is 0 Å². The van der Waals surface area contributed by atoms with Gasteiger partial charge in [-0.15, -0.1) is 0 Å². The molecule has 114 valence electrons. The molecule has 1 N–H and O–H groups in total. The Morgan fingerprint density at radius 2 is 2.00 bits per heavy atom. The number of hydrogen-bond acceptors (Lipinski definition) is 2. The fraction of sp³-hybridized carbons (Fsp3) is 0.647. The Morgan fingerprint density at radius 1 is 1.25 bits per heavy atom. The van der Waals surface area contributed by atoms with Gasteiger partial charge in [0.2, 0.25) is 0 Å². The normalized spacial score (nSPS) is 11.1. The van der Waals surface area contributed by atoms with Crippen molar-refractivity contribution in [3.05, 3.63) is 28.8 Å². The van der Waals surface area contributed by atoms with Crippen LogP contribution in [0.4, 0.5) is 5.69 Å². The number of rotatable bonds is 9. The van der Waals surface area contributed by atoms with Gasteiger partial charge in [0, 0.05) is 30.8 Å². The number of nitrogens with one attached hydrogen (secondary N) is 1. The third-order valence-electron chi connectivity index (χ3n) is 3.44. The van der Waals surface area contributed by atoms with Crippen molar-refractivity contribution in [3.8, 4) is 0 Å². The van der Waals surface area contributed by atoms with Crippen LogP contribution in [0, 0.1) is 5.92 Å². The maximum Gasteiger partial charge on any atom is 0.0471 e. The van der Waals surface area contributed by atoms with Crippen molar-refractivity contribution in [3.63, 3.8) is 0 Å². The summed E-state index contributed by atoms with van der Waals surface area (Å²) in [6, 6.07) is 6.39. The van der Waals surface area contributed by atoms with Crippen molar-refractivity contribution < 1.29 is 0 Å². The van der Waals surface area contributed by atoms with Gasteiger partial charge in [-0.3, -0.25) is 0 Å². The van der Waals surface area contributed by atoms with E-state index in [1.54, 1.807) is 0 Å². The zero-order valence-electron chi connectivity index (χ0n) is 13.4. The minimum atomic E-state index is 0.665. The molecule has 0 saturated carbocycles. The van der Waals surface area contributed by atoms with E-state index >= 15 is 0 Å². The van der Waals surface area contributed by atoms with Crippen LogP contribution in [0.25, 0.3) is 0 Å². The lowest BCUT2D eigenvalue weighted by atomic mass is 10.1. The molecule has 0 aromatic heterocycles. The first-order chi connectivity index (χ1) is 9.54. The van der Waals surface area contributed by atoms with Crippen molar-refractivity contribution >= 4 is 17.3 Å². The van der Waals surface area contributed by atoms with Crippen molar-refractivity contribution in [1.82, 2.24) is 5.32 Å². The third-order valence-corrected chi connectivity index (χ3v) is 3.79. The summed E-state index contributed by atoms with van der Waals surface area (Å²) in [6.45, 7) is 9.61. The number of nitrogens with zero attached hydrogens (tertiary/aromatic N) is 1. The van der Waals surface area contributed by atoms with E-state index in [0.717, 1.165) is 24.7 Å². The predicted molar refractivity (Wildman–Crippen MR) is 90.8 cm³/mol.